The van der Waals surface area contributed by atoms with E-state index in [0.717, 1.165) is 0 Å². The second-order valence-electron chi connectivity index (χ2n) is 4.50. The average Bonchev–Trinajstić information content (AvgIpc) is 2.48. The fourth-order valence-electron chi connectivity index (χ4n) is 1.20. The number of ether oxygens (including phenoxy) is 1. The molecule has 82 valence electrons. The minimum Gasteiger partial charge on any atom is -0.443 e. The first kappa shape index (κ1) is 11.3. The minimum absolute atomic E-state index is 0.0896. The highest BCUT2D eigenvalue weighted by molar-refractivity contribution is 5.67. The zero-order chi connectivity index (χ0) is 10.8. The van der Waals surface area contributed by atoms with E-state index >= 15 is 0 Å². The van der Waals surface area contributed by atoms with Crippen molar-refractivity contribution in [2.75, 3.05) is 19.7 Å². The minimum atomic E-state index is -0.476. The first-order valence-electron chi connectivity index (χ1n) is 4.77. The number of nitrogens with one attached hydrogen (secondary N) is 1. The summed E-state index contributed by atoms with van der Waals surface area (Å²) in [6.45, 7) is 6.69. The molecule has 0 spiro atoms. The Kier molecular flexibility index (Phi) is 3.34. The van der Waals surface area contributed by atoms with Gasteiger partial charge in [-0.15, -0.1) is 0 Å². The highest BCUT2D eigenvalue weighted by Gasteiger charge is 2.29. The lowest BCUT2D eigenvalue weighted by Crippen LogP contribution is -2.41. The van der Waals surface area contributed by atoms with Crippen molar-refractivity contribution in [3.63, 3.8) is 0 Å². The summed E-state index contributed by atoms with van der Waals surface area (Å²) in [5.41, 5.74) is 2.40. The molecule has 1 saturated heterocycles. The standard InChI is InChI=1S/C9H18N2O3/c1-9(2,3)14-8(13)11-5-7(6-12)4-10-11/h7,10,12H,4-6H2,1-3H3. The quantitative estimate of drug-likeness (QED) is 0.644. The molecule has 1 unspecified atom stereocenters. The zero-order valence-electron chi connectivity index (χ0n) is 8.91. The Morgan fingerprint density at radius 3 is 2.71 bits per heavy atom. The molecule has 2 N–H and O–H groups in total. The van der Waals surface area contributed by atoms with Crippen LogP contribution in [-0.2, 0) is 4.74 Å². The number of carbonyl (C=O) groups excluding carboxylic acids is 1. The fourth-order valence-corrected chi connectivity index (χ4v) is 1.20. The Morgan fingerprint density at radius 1 is 1.64 bits per heavy atom. The van der Waals surface area contributed by atoms with Gasteiger partial charge in [-0.25, -0.2) is 15.2 Å². The van der Waals surface area contributed by atoms with Gasteiger partial charge in [0.2, 0.25) is 0 Å². The molecule has 1 fully saturated rings. The van der Waals surface area contributed by atoms with Crippen molar-refractivity contribution in [1.82, 2.24) is 10.4 Å². The number of rotatable bonds is 1. The molecule has 0 saturated carbocycles. The van der Waals surface area contributed by atoms with Crippen LogP contribution in [0.15, 0.2) is 0 Å². The third kappa shape index (κ3) is 3.16. The van der Waals surface area contributed by atoms with E-state index in [1.165, 1.54) is 5.01 Å². The van der Waals surface area contributed by atoms with E-state index in [4.69, 9.17) is 9.84 Å². The third-order valence-corrected chi connectivity index (χ3v) is 1.88. The van der Waals surface area contributed by atoms with Crippen LogP contribution in [0.3, 0.4) is 0 Å². The molecule has 1 atom stereocenters. The van der Waals surface area contributed by atoms with Crippen LogP contribution in [0.4, 0.5) is 4.79 Å². The van der Waals surface area contributed by atoms with Crippen molar-refractivity contribution in [3.8, 4) is 0 Å². The predicted molar refractivity (Wildman–Crippen MR) is 51.5 cm³/mol. The van der Waals surface area contributed by atoms with Crippen LogP contribution in [0.25, 0.3) is 0 Å². The Balaban J connectivity index is 2.40. The van der Waals surface area contributed by atoms with Gasteiger partial charge in [0.15, 0.2) is 0 Å². The molecule has 1 aliphatic rings. The molecule has 1 heterocycles. The smallest absolute Gasteiger partial charge is 0.424 e. The highest BCUT2D eigenvalue weighted by atomic mass is 16.6. The van der Waals surface area contributed by atoms with Crippen LogP contribution in [0.2, 0.25) is 0 Å². The fraction of sp³-hybridized carbons (Fsp3) is 0.889. The lowest BCUT2D eigenvalue weighted by molar-refractivity contribution is 0.0202. The lowest BCUT2D eigenvalue weighted by atomic mass is 10.2. The van der Waals surface area contributed by atoms with E-state index in [-0.39, 0.29) is 18.6 Å². The topological polar surface area (TPSA) is 61.8 Å². The molecule has 0 radical (unpaired) electrons. The van der Waals surface area contributed by atoms with E-state index in [1.54, 1.807) is 0 Å². The number of hydrogen-bond donors (Lipinski definition) is 2. The number of amides is 1. The van der Waals surface area contributed by atoms with Gasteiger partial charge in [0.25, 0.3) is 0 Å². The number of hydrazine groups is 1. The number of aliphatic hydroxyl groups is 1. The average molecular weight is 202 g/mol. The normalized spacial score (nSPS) is 22.6. The second kappa shape index (κ2) is 4.14. The van der Waals surface area contributed by atoms with Gasteiger partial charge < -0.3 is 9.84 Å². The molecule has 0 bridgehead atoms. The molecule has 0 aromatic carbocycles. The first-order valence-corrected chi connectivity index (χ1v) is 4.77. The Bertz CT molecular complexity index is 213. The summed E-state index contributed by atoms with van der Waals surface area (Å²) in [7, 11) is 0. The van der Waals surface area contributed by atoms with Crippen molar-refractivity contribution in [2.45, 2.75) is 26.4 Å². The molecule has 0 aromatic heterocycles. The van der Waals surface area contributed by atoms with Crippen LogP contribution in [0.1, 0.15) is 20.8 Å². The van der Waals surface area contributed by atoms with Crippen molar-refractivity contribution < 1.29 is 14.6 Å². The van der Waals surface area contributed by atoms with Gasteiger partial charge in [-0.1, -0.05) is 0 Å². The van der Waals surface area contributed by atoms with Crippen molar-refractivity contribution in [2.24, 2.45) is 5.92 Å². The number of hydrogen-bond acceptors (Lipinski definition) is 4. The number of aliphatic hydroxyl groups excluding tert-OH is 1. The largest absolute Gasteiger partial charge is 0.443 e. The summed E-state index contributed by atoms with van der Waals surface area (Å²) < 4.78 is 5.16. The van der Waals surface area contributed by atoms with Crippen LogP contribution in [-0.4, -0.2) is 41.5 Å². The van der Waals surface area contributed by atoms with Gasteiger partial charge in [0.1, 0.15) is 5.60 Å². The molecule has 5 heteroatoms. The summed E-state index contributed by atoms with van der Waals surface area (Å²) >= 11 is 0. The number of carbonyl (C=O) groups is 1. The Labute approximate surface area is 84.0 Å². The molecular weight excluding hydrogens is 184 g/mol. The maximum Gasteiger partial charge on any atom is 0.424 e. The van der Waals surface area contributed by atoms with Gasteiger partial charge in [-0.3, -0.25) is 0 Å². The van der Waals surface area contributed by atoms with Gasteiger partial charge in [-0.2, -0.15) is 0 Å². The van der Waals surface area contributed by atoms with E-state index in [0.29, 0.717) is 13.1 Å². The van der Waals surface area contributed by atoms with E-state index in [1.807, 2.05) is 20.8 Å². The maximum atomic E-state index is 11.5. The van der Waals surface area contributed by atoms with Gasteiger partial charge >= 0.3 is 6.09 Å². The molecule has 5 nitrogen and oxygen atoms in total. The summed E-state index contributed by atoms with van der Waals surface area (Å²) in [4.78, 5) is 11.5. The maximum absolute atomic E-state index is 11.5. The predicted octanol–water partition coefficient (Wildman–Crippen LogP) is 0.350. The van der Waals surface area contributed by atoms with Crippen molar-refractivity contribution in [3.05, 3.63) is 0 Å². The lowest BCUT2D eigenvalue weighted by Gasteiger charge is -2.24. The van der Waals surface area contributed by atoms with E-state index in [2.05, 4.69) is 5.43 Å². The van der Waals surface area contributed by atoms with Crippen LogP contribution in [0.5, 0.6) is 0 Å². The summed E-state index contributed by atoms with van der Waals surface area (Å²) in [6.07, 6.45) is -0.381. The summed E-state index contributed by atoms with van der Waals surface area (Å²) in [6, 6.07) is 0. The summed E-state index contributed by atoms with van der Waals surface area (Å²) in [5, 5.41) is 10.3. The van der Waals surface area contributed by atoms with Gasteiger partial charge in [-0.05, 0) is 20.8 Å². The van der Waals surface area contributed by atoms with Crippen LogP contribution < -0.4 is 5.43 Å². The molecule has 0 aliphatic carbocycles. The van der Waals surface area contributed by atoms with Crippen molar-refractivity contribution in [1.29, 1.82) is 0 Å². The third-order valence-electron chi connectivity index (χ3n) is 1.88. The van der Waals surface area contributed by atoms with E-state index in [9.17, 15) is 4.79 Å². The molecule has 14 heavy (non-hydrogen) atoms. The highest BCUT2D eigenvalue weighted by Crippen LogP contribution is 2.12. The van der Waals surface area contributed by atoms with Gasteiger partial charge in [0, 0.05) is 25.6 Å². The summed E-state index contributed by atoms with van der Waals surface area (Å²) in [5.74, 6) is 0.113. The first-order chi connectivity index (χ1) is 6.42. The Morgan fingerprint density at radius 2 is 2.29 bits per heavy atom. The molecule has 1 rings (SSSR count). The molecule has 0 aromatic rings. The van der Waals surface area contributed by atoms with Gasteiger partial charge in [0.05, 0.1) is 0 Å². The molecule has 1 amide bonds. The monoisotopic (exact) mass is 202 g/mol. The van der Waals surface area contributed by atoms with E-state index < -0.39 is 5.60 Å². The van der Waals surface area contributed by atoms with Crippen LogP contribution in [0, 0.1) is 5.92 Å². The zero-order valence-corrected chi connectivity index (χ0v) is 8.91. The van der Waals surface area contributed by atoms with Crippen molar-refractivity contribution >= 4 is 6.09 Å². The number of nitrogens with zero attached hydrogens (tertiary/aromatic N) is 1. The van der Waals surface area contributed by atoms with Crippen LogP contribution >= 0.6 is 0 Å². The second-order valence-corrected chi connectivity index (χ2v) is 4.50. The molecule has 1 aliphatic heterocycles. The Hall–Kier alpha value is -0.810. The SMILES string of the molecule is CC(C)(C)OC(=O)N1CC(CO)CN1. The molecular formula is C9H18N2O3.